The average Bonchev–Trinajstić information content (AvgIpc) is 2.24. The molecule has 0 heterocycles. The van der Waals surface area contributed by atoms with Gasteiger partial charge in [0.15, 0.2) is 0 Å². The highest BCUT2D eigenvalue weighted by Crippen LogP contribution is 2.25. The highest BCUT2D eigenvalue weighted by Gasteiger charge is 2.13. The zero-order valence-corrected chi connectivity index (χ0v) is 11.8. The van der Waals surface area contributed by atoms with Crippen molar-refractivity contribution in [3.8, 4) is 0 Å². The van der Waals surface area contributed by atoms with Gasteiger partial charge in [0.25, 0.3) is 0 Å². The van der Waals surface area contributed by atoms with Crippen LogP contribution in [0, 0.1) is 5.92 Å². The second-order valence-corrected chi connectivity index (χ2v) is 5.33. The largest absolute Gasteiger partial charge is 0.299 e. The molecule has 0 saturated carbocycles. The van der Waals surface area contributed by atoms with E-state index in [1.54, 1.807) is 18.2 Å². The smallest absolute Gasteiger partial charge is 0.137 e. The predicted octanol–water partition coefficient (Wildman–Crippen LogP) is 4.93. The number of ketones is 1. The molecule has 0 N–H and O–H groups in total. The van der Waals surface area contributed by atoms with Gasteiger partial charge in [-0.05, 0) is 23.6 Å². The molecule has 0 fully saturated rings. The first-order valence-electron chi connectivity index (χ1n) is 5.99. The van der Waals surface area contributed by atoms with Gasteiger partial charge in [0, 0.05) is 22.9 Å². The number of Topliss-reactive ketones (excluding diaryl/α,β-unsaturated/α-hetero) is 1. The highest BCUT2D eigenvalue weighted by atomic mass is 35.5. The molecule has 1 unspecified atom stereocenters. The molecule has 1 aromatic carbocycles. The van der Waals surface area contributed by atoms with Crippen LogP contribution in [0.1, 0.15) is 38.7 Å². The molecule has 0 aromatic heterocycles. The number of halogens is 2. The van der Waals surface area contributed by atoms with Crippen LogP contribution in [0.4, 0.5) is 0 Å². The monoisotopic (exact) mass is 272 g/mol. The van der Waals surface area contributed by atoms with Crippen LogP contribution in [-0.4, -0.2) is 5.78 Å². The number of benzene rings is 1. The molecule has 1 atom stereocenters. The molecular weight excluding hydrogens is 255 g/mol. The van der Waals surface area contributed by atoms with Crippen molar-refractivity contribution >= 4 is 29.0 Å². The van der Waals surface area contributed by atoms with Crippen molar-refractivity contribution in [3.63, 3.8) is 0 Å². The third kappa shape index (κ3) is 4.69. The van der Waals surface area contributed by atoms with Crippen molar-refractivity contribution in [1.29, 1.82) is 0 Å². The topological polar surface area (TPSA) is 17.1 Å². The summed E-state index contributed by atoms with van der Waals surface area (Å²) in [6.07, 6.45) is 3.14. The summed E-state index contributed by atoms with van der Waals surface area (Å²) in [5.74, 6) is 0.648. The van der Waals surface area contributed by atoms with E-state index in [9.17, 15) is 4.79 Å². The summed E-state index contributed by atoms with van der Waals surface area (Å²) < 4.78 is 0. The maximum atomic E-state index is 11.9. The lowest BCUT2D eigenvalue weighted by molar-refractivity contribution is -0.119. The van der Waals surface area contributed by atoms with Crippen LogP contribution in [0.15, 0.2) is 18.2 Å². The van der Waals surface area contributed by atoms with E-state index in [4.69, 9.17) is 23.2 Å². The van der Waals surface area contributed by atoms with Crippen molar-refractivity contribution in [3.05, 3.63) is 33.8 Å². The molecule has 0 radical (unpaired) electrons. The molecule has 3 heteroatoms. The van der Waals surface area contributed by atoms with Gasteiger partial charge in [-0.15, -0.1) is 0 Å². The lowest BCUT2D eigenvalue weighted by atomic mass is 9.96. The first kappa shape index (κ1) is 14.5. The average molecular weight is 273 g/mol. The van der Waals surface area contributed by atoms with Gasteiger partial charge in [-0.3, -0.25) is 4.79 Å². The van der Waals surface area contributed by atoms with Crippen LogP contribution in [0.5, 0.6) is 0 Å². The van der Waals surface area contributed by atoms with Crippen molar-refractivity contribution in [2.75, 3.05) is 0 Å². The second kappa shape index (κ2) is 7.03. The predicted molar refractivity (Wildman–Crippen MR) is 73.9 cm³/mol. The number of rotatable bonds is 6. The van der Waals surface area contributed by atoms with Crippen molar-refractivity contribution < 1.29 is 4.79 Å². The van der Waals surface area contributed by atoms with Crippen molar-refractivity contribution in [2.45, 2.75) is 39.5 Å². The minimum absolute atomic E-state index is 0.209. The Bertz CT molecular complexity index is 368. The molecule has 0 aliphatic heterocycles. The summed E-state index contributed by atoms with van der Waals surface area (Å²) in [5, 5.41) is 1.16. The normalized spacial score (nSPS) is 12.5. The second-order valence-electron chi connectivity index (χ2n) is 4.51. The first-order chi connectivity index (χ1) is 8.04. The van der Waals surface area contributed by atoms with Crippen LogP contribution < -0.4 is 0 Å². The zero-order chi connectivity index (χ0) is 12.8. The fourth-order valence-electron chi connectivity index (χ4n) is 1.95. The van der Waals surface area contributed by atoms with E-state index in [0.29, 0.717) is 28.8 Å². The fourth-order valence-corrected chi connectivity index (χ4v) is 2.49. The molecule has 0 saturated heterocycles. The summed E-state index contributed by atoms with van der Waals surface area (Å²) >= 11 is 12.1. The van der Waals surface area contributed by atoms with Gasteiger partial charge in [0.1, 0.15) is 5.78 Å². The van der Waals surface area contributed by atoms with Crippen LogP contribution in [0.3, 0.4) is 0 Å². The van der Waals surface area contributed by atoms with Crippen LogP contribution in [0.25, 0.3) is 0 Å². The van der Waals surface area contributed by atoms with Gasteiger partial charge >= 0.3 is 0 Å². The molecule has 1 rings (SSSR count). The molecular formula is C14H18Cl2O. The Balaban J connectivity index is 2.62. The maximum Gasteiger partial charge on any atom is 0.137 e. The van der Waals surface area contributed by atoms with Crippen molar-refractivity contribution in [2.24, 2.45) is 5.92 Å². The molecule has 1 aromatic rings. The third-order valence-corrected chi connectivity index (χ3v) is 3.50. The first-order valence-corrected chi connectivity index (χ1v) is 6.74. The molecule has 0 aliphatic rings. The van der Waals surface area contributed by atoms with E-state index in [-0.39, 0.29) is 5.78 Å². The molecule has 0 spiro atoms. The van der Waals surface area contributed by atoms with Gasteiger partial charge < -0.3 is 0 Å². The minimum atomic E-state index is 0.209. The number of carbonyl (C=O) groups is 1. The summed E-state index contributed by atoms with van der Waals surface area (Å²) in [5.41, 5.74) is 0.754. The quantitative estimate of drug-likeness (QED) is 0.718. The van der Waals surface area contributed by atoms with E-state index in [2.05, 4.69) is 13.8 Å². The summed E-state index contributed by atoms with van der Waals surface area (Å²) in [6, 6.07) is 5.33. The van der Waals surface area contributed by atoms with Crippen molar-refractivity contribution in [1.82, 2.24) is 0 Å². The molecule has 17 heavy (non-hydrogen) atoms. The van der Waals surface area contributed by atoms with Gasteiger partial charge in [-0.1, -0.05) is 56.0 Å². The SMILES string of the molecule is CCCC(C)CC(=O)Cc1c(Cl)cccc1Cl. The van der Waals surface area contributed by atoms with Gasteiger partial charge in [-0.2, -0.15) is 0 Å². The number of hydrogen-bond donors (Lipinski definition) is 0. The Morgan fingerprint density at radius 3 is 2.41 bits per heavy atom. The van der Waals surface area contributed by atoms with E-state index >= 15 is 0 Å². The Labute approximate surface area is 113 Å². The molecule has 1 nitrogen and oxygen atoms in total. The summed E-state index contributed by atoms with van der Waals surface area (Å²) in [7, 11) is 0. The van der Waals surface area contributed by atoms with E-state index < -0.39 is 0 Å². The van der Waals surface area contributed by atoms with Gasteiger partial charge in [0.2, 0.25) is 0 Å². The lowest BCUT2D eigenvalue weighted by Gasteiger charge is -2.10. The molecule has 0 aliphatic carbocycles. The number of hydrogen-bond acceptors (Lipinski definition) is 1. The Morgan fingerprint density at radius 2 is 1.88 bits per heavy atom. The standard InChI is InChI=1S/C14H18Cl2O/c1-3-5-10(2)8-11(17)9-12-13(15)6-4-7-14(12)16/h4,6-7,10H,3,5,8-9H2,1-2H3. The summed E-state index contributed by atoms with van der Waals surface area (Å²) in [6.45, 7) is 4.24. The van der Waals surface area contributed by atoms with E-state index in [1.807, 2.05) is 0 Å². The van der Waals surface area contributed by atoms with Crippen LogP contribution >= 0.6 is 23.2 Å². The Morgan fingerprint density at radius 1 is 1.29 bits per heavy atom. The van der Waals surface area contributed by atoms with Crippen LogP contribution in [0.2, 0.25) is 10.0 Å². The number of carbonyl (C=O) groups excluding carboxylic acids is 1. The van der Waals surface area contributed by atoms with Gasteiger partial charge in [0.05, 0.1) is 0 Å². The zero-order valence-electron chi connectivity index (χ0n) is 10.3. The summed E-state index contributed by atoms with van der Waals surface area (Å²) in [4.78, 5) is 11.9. The van der Waals surface area contributed by atoms with E-state index in [1.165, 1.54) is 0 Å². The highest BCUT2D eigenvalue weighted by molar-refractivity contribution is 6.36. The molecule has 0 bridgehead atoms. The fraction of sp³-hybridized carbons (Fsp3) is 0.500. The van der Waals surface area contributed by atoms with Crippen LogP contribution in [-0.2, 0) is 11.2 Å². The Hall–Kier alpha value is -0.530. The molecule has 0 amide bonds. The Kier molecular flexibility index (Phi) is 6.01. The lowest BCUT2D eigenvalue weighted by Crippen LogP contribution is -2.09. The minimum Gasteiger partial charge on any atom is -0.299 e. The molecule has 94 valence electrons. The maximum absolute atomic E-state index is 11.9. The third-order valence-electron chi connectivity index (χ3n) is 2.79. The van der Waals surface area contributed by atoms with Gasteiger partial charge in [-0.25, -0.2) is 0 Å². The van der Waals surface area contributed by atoms with E-state index in [0.717, 1.165) is 18.4 Å².